The highest BCUT2D eigenvalue weighted by atomic mass is 14.9. The van der Waals surface area contributed by atoms with Gasteiger partial charge in [0.1, 0.15) is 5.82 Å². The molecule has 0 radical (unpaired) electrons. The third kappa shape index (κ3) is 5.18. The van der Waals surface area contributed by atoms with Crippen LogP contribution >= 0.6 is 0 Å². The second-order valence-corrected chi connectivity index (χ2v) is 4.95. The molecule has 0 saturated heterocycles. The number of nitrogen functional groups attached to an aromatic ring is 1. The third-order valence-electron chi connectivity index (χ3n) is 2.99. The molecule has 3 heteroatoms. The molecule has 1 aromatic rings. The number of nitrogens with zero attached hydrogens (tertiary/aromatic N) is 1. The maximum absolute atomic E-state index is 5.85. The fourth-order valence-corrected chi connectivity index (χ4v) is 2.16. The first-order valence-corrected chi connectivity index (χ1v) is 6.56. The molecule has 1 rings (SSSR count). The van der Waals surface area contributed by atoms with Gasteiger partial charge in [0.05, 0.1) is 0 Å². The van der Waals surface area contributed by atoms with Crippen LogP contribution in [-0.4, -0.2) is 17.6 Å². The molecule has 0 aliphatic heterocycles. The Kier molecular flexibility index (Phi) is 5.98. The SMILES string of the molecule is CCCNC(C)CC(C)Cc1cccnc1N. The first-order chi connectivity index (χ1) is 8.13. The molecule has 1 aromatic heterocycles. The van der Waals surface area contributed by atoms with Gasteiger partial charge in [-0.2, -0.15) is 0 Å². The topological polar surface area (TPSA) is 50.9 Å². The van der Waals surface area contributed by atoms with Gasteiger partial charge in [-0.05, 0) is 50.3 Å². The van der Waals surface area contributed by atoms with Gasteiger partial charge in [-0.25, -0.2) is 4.98 Å². The fraction of sp³-hybridized carbons (Fsp3) is 0.643. The predicted octanol–water partition coefficient (Wildman–Crippen LogP) is 2.62. The summed E-state index contributed by atoms with van der Waals surface area (Å²) in [6, 6.07) is 4.60. The Bertz CT molecular complexity index is 325. The first kappa shape index (κ1) is 14.0. The lowest BCUT2D eigenvalue weighted by Crippen LogP contribution is -2.28. The number of anilines is 1. The number of hydrogen-bond donors (Lipinski definition) is 2. The molecule has 0 fully saturated rings. The summed E-state index contributed by atoms with van der Waals surface area (Å²) >= 11 is 0. The van der Waals surface area contributed by atoms with Crippen molar-refractivity contribution in [3.05, 3.63) is 23.9 Å². The van der Waals surface area contributed by atoms with Crippen molar-refractivity contribution in [2.24, 2.45) is 5.92 Å². The molecule has 2 unspecified atom stereocenters. The Morgan fingerprint density at radius 3 is 2.82 bits per heavy atom. The molecular formula is C14H25N3. The van der Waals surface area contributed by atoms with E-state index in [0.717, 1.165) is 13.0 Å². The van der Waals surface area contributed by atoms with E-state index in [0.29, 0.717) is 17.8 Å². The van der Waals surface area contributed by atoms with E-state index in [2.05, 4.69) is 37.1 Å². The summed E-state index contributed by atoms with van der Waals surface area (Å²) < 4.78 is 0. The maximum Gasteiger partial charge on any atom is 0.126 e. The Morgan fingerprint density at radius 1 is 1.41 bits per heavy atom. The molecule has 0 spiro atoms. The van der Waals surface area contributed by atoms with Crippen molar-refractivity contribution in [3.8, 4) is 0 Å². The lowest BCUT2D eigenvalue weighted by molar-refractivity contribution is 0.420. The van der Waals surface area contributed by atoms with Crippen LogP contribution in [0.4, 0.5) is 5.82 Å². The van der Waals surface area contributed by atoms with Gasteiger partial charge >= 0.3 is 0 Å². The Balaban J connectivity index is 2.39. The lowest BCUT2D eigenvalue weighted by Gasteiger charge is -2.18. The zero-order valence-corrected chi connectivity index (χ0v) is 11.2. The van der Waals surface area contributed by atoms with Crippen molar-refractivity contribution in [1.29, 1.82) is 0 Å². The normalized spacial score (nSPS) is 14.5. The molecule has 3 nitrogen and oxygen atoms in total. The van der Waals surface area contributed by atoms with E-state index in [9.17, 15) is 0 Å². The van der Waals surface area contributed by atoms with Gasteiger partial charge in [0.15, 0.2) is 0 Å². The van der Waals surface area contributed by atoms with E-state index in [4.69, 9.17) is 5.73 Å². The molecule has 1 heterocycles. The maximum atomic E-state index is 5.85. The van der Waals surface area contributed by atoms with Crippen molar-refractivity contribution in [2.45, 2.75) is 46.1 Å². The molecule has 0 aromatic carbocycles. The second-order valence-electron chi connectivity index (χ2n) is 4.95. The number of rotatable bonds is 7. The van der Waals surface area contributed by atoms with Crippen LogP contribution in [-0.2, 0) is 6.42 Å². The molecule has 0 aliphatic rings. The van der Waals surface area contributed by atoms with Gasteiger partial charge in [0.2, 0.25) is 0 Å². The average Bonchev–Trinajstić information content (AvgIpc) is 2.29. The van der Waals surface area contributed by atoms with Crippen molar-refractivity contribution >= 4 is 5.82 Å². The van der Waals surface area contributed by atoms with Gasteiger partial charge in [-0.1, -0.05) is 19.9 Å². The highest BCUT2D eigenvalue weighted by Crippen LogP contribution is 2.16. The van der Waals surface area contributed by atoms with Gasteiger partial charge in [0.25, 0.3) is 0 Å². The van der Waals surface area contributed by atoms with Crippen LogP contribution in [0.2, 0.25) is 0 Å². The minimum atomic E-state index is 0.572. The lowest BCUT2D eigenvalue weighted by atomic mass is 9.95. The van der Waals surface area contributed by atoms with Crippen LogP contribution < -0.4 is 11.1 Å². The Hall–Kier alpha value is -1.09. The van der Waals surface area contributed by atoms with Crippen LogP contribution in [0.3, 0.4) is 0 Å². The van der Waals surface area contributed by atoms with Crippen molar-refractivity contribution in [3.63, 3.8) is 0 Å². The highest BCUT2D eigenvalue weighted by molar-refractivity contribution is 5.38. The highest BCUT2D eigenvalue weighted by Gasteiger charge is 2.10. The van der Waals surface area contributed by atoms with E-state index in [-0.39, 0.29) is 0 Å². The number of pyridine rings is 1. The van der Waals surface area contributed by atoms with E-state index >= 15 is 0 Å². The second kappa shape index (κ2) is 7.28. The summed E-state index contributed by atoms with van der Waals surface area (Å²) in [5, 5.41) is 3.52. The van der Waals surface area contributed by atoms with Crippen LogP contribution in [0.5, 0.6) is 0 Å². The summed E-state index contributed by atoms with van der Waals surface area (Å²) in [4.78, 5) is 4.12. The summed E-state index contributed by atoms with van der Waals surface area (Å²) in [7, 11) is 0. The first-order valence-electron chi connectivity index (χ1n) is 6.56. The number of nitrogens with two attached hydrogens (primary N) is 1. The average molecular weight is 235 g/mol. The van der Waals surface area contributed by atoms with E-state index in [1.807, 2.05) is 6.07 Å². The number of nitrogens with one attached hydrogen (secondary N) is 1. The molecule has 0 amide bonds. The summed E-state index contributed by atoms with van der Waals surface area (Å²) in [6.45, 7) is 7.82. The molecular weight excluding hydrogens is 210 g/mol. The van der Waals surface area contributed by atoms with Gasteiger partial charge < -0.3 is 11.1 Å². The predicted molar refractivity (Wildman–Crippen MR) is 73.9 cm³/mol. The smallest absolute Gasteiger partial charge is 0.126 e. The van der Waals surface area contributed by atoms with Crippen LogP contribution in [0.25, 0.3) is 0 Å². The van der Waals surface area contributed by atoms with Crippen molar-refractivity contribution < 1.29 is 0 Å². The number of aromatic nitrogens is 1. The summed E-state index contributed by atoms with van der Waals surface area (Å²) in [5.41, 5.74) is 7.02. The Morgan fingerprint density at radius 2 is 2.18 bits per heavy atom. The van der Waals surface area contributed by atoms with Crippen LogP contribution in [0.15, 0.2) is 18.3 Å². The molecule has 17 heavy (non-hydrogen) atoms. The van der Waals surface area contributed by atoms with E-state index < -0.39 is 0 Å². The molecule has 0 aliphatic carbocycles. The monoisotopic (exact) mass is 235 g/mol. The van der Waals surface area contributed by atoms with Gasteiger partial charge in [-0.15, -0.1) is 0 Å². The molecule has 96 valence electrons. The summed E-state index contributed by atoms with van der Waals surface area (Å²) in [5.74, 6) is 1.30. The van der Waals surface area contributed by atoms with Gasteiger partial charge in [0, 0.05) is 12.2 Å². The minimum Gasteiger partial charge on any atom is -0.383 e. The third-order valence-corrected chi connectivity index (χ3v) is 2.99. The Labute approximate surface area is 105 Å². The zero-order valence-electron chi connectivity index (χ0n) is 11.2. The molecule has 2 atom stereocenters. The van der Waals surface area contributed by atoms with Gasteiger partial charge in [-0.3, -0.25) is 0 Å². The van der Waals surface area contributed by atoms with Crippen molar-refractivity contribution in [1.82, 2.24) is 10.3 Å². The largest absolute Gasteiger partial charge is 0.383 e. The quantitative estimate of drug-likeness (QED) is 0.764. The zero-order chi connectivity index (χ0) is 12.7. The molecule has 3 N–H and O–H groups in total. The standard InChI is InChI=1S/C14H25N3/c1-4-7-16-12(3)9-11(2)10-13-6-5-8-17-14(13)15/h5-6,8,11-12,16H,4,7,9-10H2,1-3H3,(H2,15,17). The summed E-state index contributed by atoms with van der Waals surface area (Å²) in [6.07, 6.45) is 5.12. The van der Waals surface area contributed by atoms with Crippen LogP contribution in [0, 0.1) is 5.92 Å². The van der Waals surface area contributed by atoms with Crippen LogP contribution in [0.1, 0.15) is 39.2 Å². The fourth-order valence-electron chi connectivity index (χ4n) is 2.16. The van der Waals surface area contributed by atoms with E-state index in [1.165, 1.54) is 18.4 Å². The molecule has 0 saturated carbocycles. The van der Waals surface area contributed by atoms with E-state index in [1.54, 1.807) is 6.20 Å². The molecule has 0 bridgehead atoms. The number of hydrogen-bond acceptors (Lipinski definition) is 3. The minimum absolute atomic E-state index is 0.572. The van der Waals surface area contributed by atoms with Crippen molar-refractivity contribution in [2.75, 3.05) is 12.3 Å².